The minimum Gasteiger partial charge on any atom is -0.270 e. The fourth-order valence-corrected chi connectivity index (χ4v) is 2.49. The average molecular weight is 327 g/mol. The molecule has 24 heavy (non-hydrogen) atoms. The Morgan fingerprint density at radius 3 is 2.12 bits per heavy atom. The van der Waals surface area contributed by atoms with Crippen molar-refractivity contribution in [3.05, 3.63) is 79.4 Å². The molecule has 1 aliphatic rings. The number of hydrogen-bond donors (Lipinski definition) is 0. The molecule has 9 heteroatoms. The van der Waals surface area contributed by atoms with E-state index < -0.39 is 21.7 Å². The Bertz CT molecular complexity index is 908. The molecule has 120 valence electrons. The highest BCUT2D eigenvalue weighted by Gasteiger charge is 2.36. The highest BCUT2D eigenvalue weighted by molar-refractivity contribution is 6.21. The zero-order valence-corrected chi connectivity index (χ0v) is 12.0. The van der Waals surface area contributed by atoms with Crippen LogP contribution in [0.25, 0.3) is 0 Å². The number of nitro groups is 2. The third kappa shape index (κ3) is 2.47. The molecule has 0 spiro atoms. The summed E-state index contributed by atoms with van der Waals surface area (Å²) in [5, 5.41) is 21.6. The van der Waals surface area contributed by atoms with Crippen LogP contribution in [0.3, 0.4) is 0 Å². The minimum atomic E-state index is -0.662. The van der Waals surface area contributed by atoms with Gasteiger partial charge in [0.25, 0.3) is 23.2 Å². The molecule has 0 aliphatic carbocycles. The van der Waals surface area contributed by atoms with Crippen LogP contribution in [-0.2, 0) is 6.54 Å². The third-order valence-electron chi connectivity index (χ3n) is 3.63. The van der Waals surface area contributed by atoms with Gasteiger partial charge in [0.2, 0.25) is 0 Å². The lowest BCUT2D eigenvalue weighted by Crippen LogP contribution is -2.29. The number of fused-ring (bicyclic) bond motifs is 1. The van der Waals surface area contributed by atoms with Gasteiger partial charge in [0.15, 0.2) is 0 Å². The summed E-state index contributed by atoms with van der Waals surface area (Å²) in [6, 6.07) is 9.03. The van der Waals surface area contributed by atoms with E-state index >= 15 is 0 Å². The summed E-state index contributed by atoms with van der Waals surface area (Å²) < 4.78 is 0. The van der Waals surface area contributed by atoms with E-state index in [4.69, 9.17) is 0 Å². The fourth-order valence-electron chi connectivity index (χ4n) is 2.49. The van der Waals surface area contributed by atoms with E-state index in [1.165, 1.54) is 24.3 Å². The lowest BCUT2D eigenvalue weighted by molar-refractivity contribution is -0.385. The van der Waals surface area contributed by atoms with Crippen LogP contribution in [0, 0.1) is 20.2 Å². The largest absolute Gasteiger partial charge is 0.270 e. The Morgan fingerprint density at radius 2 is 1.46 bits per heavy atom. The summed E-state index contributed by atoms with van der Waals surface area (Å²) in [6.07, 6.45) is 0. The lowest BCUT2D eigenvalue weighted by atomic mass is 10.1. The van der Waals surface area contributed by atoms with Gasteiger partial charge in [-0.25, -0.2) is 0 Å². The number of nitrogens with zero attached hydrogens (tertiary/aromatic N) is 3. The molecule has 0 saturated heterocycles. The maximum atomic E-state index is 12.4. The van der Waals surface area contributed by atoms with Crippen LogP contribution in [0.1, 0.15) is 26.3 Å². The van der Waals surface area contributed by atoms with Crippen LogP contribution >= 0.6 is 0 Å². The normalized spacial score (nSPS) is 13.1. The molecule has 0 fully saturated rings. The molecule has 2 aromatic carbocycles. The first-order chi connectivity index (χ1) is 11.4. The monoisotopic (exact) mass is 327 g/mol. The number of carbonyl (C=O) groups is 2. The minimum absolute atomic E-state index is 0.0420. The standard InChI is InChI=1S/C15H9N3O6/c19-14-12-5-4-11(18(23)24)7-13(12)15(20)16(14)8-9-2-1-3-10(6-9)17(21)22/h1-7H,8H2. The van der Waals surface area contributed by atoms with Gasteiger partial charge in [-0.2, -0.15) is 0 Å². The second-order valence-electron chi connectivity index (χ2n) is 5.11. The molecule has 0 radical (unpaired) electrons. The molecule has 0 atom stereocenters. The maximum absolute atomic E-state index is 12.4. The van der Waals surface area contributed by atoms with E-state index in [-0.39, 0.29) is 29.0 Å². The van der Waals surface area contributed by atoms with Gasteiger partial charge in [0.1, 0.15) is 0 Å². The first-order valence-corrected chi connectivity index (χ1v) is 6.76. The molecule has 0 N–H and O–H groups in total. The van der Waals surface area contributed by atoms with Crippen molar-refractivity contribution >= 4 is 23.2 Å². The van der Waals surface area contributed by atoms with Crippen LogP contribution < -0.4 is 0 Å². The molecule has 2 amide bonds. The number of rotatable bonds is 4. The Morgan fingerprint density at radius 1 is 0.833 bits per heavy atom. The first-order valence-electron chi connectivity index (χ1n) is 6.76. The average Bonchev–Trinajstić information content (AvgIpc) is 2.79. The molecule has 0 unspecified atom stereocenters. The lowest BCUT2D eigenvalue weighted by Gasteiger charge is -2.13. The van der Waals surface area contributed by atoms with Gasteiger partial charge in [-0.1, -0.05) is 12.1 Å². The van der Waals surface area contributed by atoms with Gasteiger partial charge in [0, 0.05) is 24.3 Å². The zero-order valence-electron chi connectivity index (χ0n) is 12.0. The Kier molecular flexibility index (Phi) is 3.53. The van der Waals surface area contributed by atoms with E-state index in [0.717, 1.165) is 17.0 Å². The van der Waals surface area contributed by atoms with Crippen LogP contribution in [0.2, 0.25) is 0 Å². The van der Waals surface area contributed by atoms with Crippen LogP contribution in [0.15, 0.2) is 42.5 Å². The van der Waals surface area contributed by atoms with E-state index in [2.05, 4.69) is 0 Å². The van der Waals surface area contributed by atoms with Gasteiger partial charge in [0.05, 0.1) is 27.5 Å². The molecule has 1 aliphatic heterocycles. The van der Waals surface area contributed by atoms with Gasteiger partial charge in [-0.05, 0) is 11.6 Å². The van der Waals surface area contributed by atoms with Crippen molar-refractivity contribution in [2.75, 3.05) is 0 Å². The summed E-state index contributed by atoms with van der Waals surface area (Å²) in [5.41, 5.74) is 0.00992. The van der Waals surface area contributed by atoms with Gasteiger partial charge in [-0.3, -0.25) is 34.7 Å². The number of benzene rings is 2. The number of nitro benzene ring substituents is 2. The summed E-state index contributed by atoms with van der Waals surface area (Å²) in [7, 11) is 0. The van der Waals surface area contributed by atoms with Gasteiger partial charge >= 0.3 is 0 Å². The highest BCUT2D eigenvalue weighted by Crippen LogP contribution is 2.28. The van der Waals surface area contributed by atoms with Crippen molar-refractivity contribution in [1.29, 1.82) is 0 Å². The predicted molar refractivity (Wildman–Crippen MR) is 80.4 cm³/mol. The fraction of sp³-hybridized carbons (Fsp3) is 0.0667. The molecule has 0 bridgehead atoms. The maximum Gasteiger partial charge on any atom is 0.270 e. The quantitative estimate of drug-likeness (QED) is 0.482. The van der Waals surface area contributed by atoms with E-state index in [0.29, 0.717) is 5.56 Å². The van der Waals surface area contributed by atoms with Gasteiger partial charge < -0.3 is 0 Å². The molecule has 3 rings (SSSR count). The molecular weight excluding hydrogens is 318 g/mol. The van der Waals surface area contributed by atoms with E-state index in [9.17, 15) is 29.8 Å². The summed E-state index contributed by atoms with van der Waals surface area (Å²) in [6.45, 7) is -0.151. The second-order valence-corrected chi connectivity index (χ2v) is 5.11. The number of non-ortho nitro benzene ring substituents is 2. The number of amides is 2. The third-order valence-corrected chi connectivity index (χ3v) is 3.63. The zero-order chi connectivity index (χ0) is 17.4. The molecule has 1 heterocycles. The second kappa shape index (κ2) is 5.54. The predicted octanol–water partition coefficient (Wildman–Crippen LogP) is 2.30. The number of carbonyl (C=O) groups excluding carboxylic acids is 2. The van der Waals surface area contributed by atoms with Crippen molar-refractivity contribution in [2.45, 2.75) is 6.54 Å². The van der Waals surface area contributed by atoms with Crippen LogP contribution in [0.5, 0.6) is 0 Å². The highest BCUT2D eigenvalue weighted by atomic mass is 16.6. The molecular formula is C15H9N3O6. The first kappa shape index (κ1) is 15.3. The topological polar surface area (TPSA) is 124 Å². The van der Waals surface area contributed by atoms with Gasteiger partial charge in [-0.15, -0.1) is 0 Å². The van der Waals surface area contributed by atoms with Crippen molar-refractivity contribution in [3.8, 4) is 0 Å². The molecule has 9 nitrogen and oxygen atoms in total. The van der Waals surface area contributed by atoms with Crippen molar-refractivity contribution in [1.82, 2.24) is 4.90 Å². The number of hydrogen-bond acceptors (Lipinski definition) is 6. The summed E-state index contributed by atoms with van der Waals surface area (Å²) >= 11 is 0. The summed E-state index contributed by atoms with van der Waals surface area (Å²) in [4.78, 5) is 45.9. The van der Waals surface area contributed by atoms with Crippen LogP contribution in [0.4, 0.5) is 11.4 Å². The van der Waals surface area contributed by atoms with Crippen molar-refractivity contribution in [2.24, 2.45) is 0 Å². The Hall–Kier alpha value is -3.62. The molecule has 2 aromatic rings. The van der Waals surface area contributed by atoms with Crippen LogP contribution in [-0.4, -0.2) is 26.6 Å². The molecule has 0 saturated carbocycles. The Labute approximate surface area is 134 Å². The summed E-state index contributed by atoms with van der Waals surface area (Å²) in [5.74, 6) is -1.25. The number of imide groups is 1. The van der Waals surface area contributed by atoms with E-state index in [1.807, 2.05) is 0 Å². The van der Waals surface area contributed by atoms with E-state index in [1.54, 1.807) is 6.07 Å². The smallest absolute Gasteiger partial charge is 0.270 e. The Balaban J connectivity index is 1.92. The van der Waals surface area contributed by atoms with Crippen molar-refractivity contribution < 1.29 is 19.4 Å². The SMILES string of the molecule is O=C1c2ccc([N+](=O)[O-])cc2C(=O)N1Cc1cccc([N+](=O)[O-])c1. The molecule has 0 aromatic heterocycles. The van der Waals surface area contributed by atoms with Crippen molar-refractivity contribution in [3.63, 3.8) is 0 Å².